The molecule has 1 fully saturated rings. The summed E-state index contributed by atoms with van der Waals surface area (Å²) in [7, 11) is 1.89. The molecule has 1 atom stereocenters. The number of hydrogen-bond donors (Lipinski definition) is 1. The van der Waals surface area contributed by atoms with Crippen molar-refractivity contribution >= 4 is 18.3 Å². The Kier molecular flexibility index (Phi) is 6.32. The van der Waals surface area contributed by atoms with E-state index in [0.717, 1.165) is 13.0 Å². The number of rotatable bonds is 4. The number of nitrogens with one attached hydrogen (secondary N) is 1. The van der Waals surface area contributed by atoms with E-state index in [1.807, 2.05) is 24.1 Å². The standard InChI is InChI=1S/C15H22N2O.ClH/c1-12-6-3-4-7-13(12)11-17(2)15(18)10-14-8-5-9-16-14;/h3-4,6-7,14,16H,5,8-11H2,1-2H3;1H. The normalized spacial score (nSPS) is 17.9. The van der Waals surface area contributed by atoms with Gasteiger partial charge in [0.05, 0.1) is 0 Å². The molecular weight excluding hydrogens is 260 g/mol. The van der Waals surface area contributed by atoms with Crippen molar-refractivity contribution in [2.75, 3.05) is 13.6 Å². The molecule has 1 amide bonds. The summed E-state index contributed by atoms with van der Waals surface area (Å²) in [6.45, 7) is 3.85. The number of nitrogens with zero attached hydrogens (tertiary/aromatic N) is 1. The number of carbonyl (C=O) groups excluding carboxylic acids is 1. The monoisotopic (exact) mass is 282 g/mol. The number of carbonyl (C=O) groups is 1. The van der Waals surface area contributed by atoms with E-state index >= 15 is 0 Å². The van der Waals surface area contributed by atoms with Gasteiger partial charge >= 0.3 is 0 Å². The Morgan fingerprint density at radius 1 is 1.42 bits per heavy atom. The lowest BCUT2D eigenvalue weighted by molar-refractivity contribution is -0.130. The number of amides is 1. The molecule has 1 saturated heterocycles. The van der Waals surface area contributed by atoms with E-state index in [1.54, 1.807) is 0 Å². The summed E-state index contributed by atoms with van der Waals surface area (Å²) in [4.78, 5) is 13.9. The first kappa shape index (κ1) is 16.0. The predicted molar refractivity (Wildman–Crippen MR) is 80.5 cm³/mol. The maximum atomic E-state index is 12.1. The third-order valence-electron chi connectivity index (χ3n) is 3.68. The summed E-state index contributed by atoms with van der Waals surface area (Å²) >= 11 is 0. The SMILES string of the molecule is Cc1ccccc1CN(C)C(=O)CC1CCCN1.Cl. The molecule has 0 radical (unpaired) electrons. The Bertz CT molecular complexity index is 416. The lowest BCUT2D eigenvalue weighted by Gasteiger charge is -2.20. The second-order valence-electron chi connectivity index (χ2n) is 5.17. The van der Waals surface area contributed by atoms with Gasteiger partial charge in [0.2, 0.25) is 5.91 Å². The predicted octanol–water partition coefficient (Wildman–Crippen LogP) is 2.52. The Hall–Kier alpha value is -1.06. The van der Waals surface area contributed by atoms with Gasteiger partial charge in [-0.05, 0) is 37.4 Å². The van der Waals surface area contributed by atoms with E-state index in [0.29, 0.717) is 19.0 Å². The molecule has 1 aromatic rings. The van der Waals surface area contributed by atoms with Gasteiger partial charge in [-0.25, -0.2) is 0 Å². The fourth-order valence-electron chi connectivity index (χ4n) is 2.43. The number of halogens is 1. The third kappa shape index (κ3) is 4.51. The maximum absolute atomic E-state index is 12.1. The first-order valence-corrected chi connectivity index (χ1v) is 6.68. The van der Waals surface area contributed by atoms with Crippen molar-refractivity contribution in [1.82, 2.24) is 10.2 Å². The zero-order chi connectivity index (χ0) is 13.0. The van der Waals surface area contributed by atoms with Crippen LogP contribution in [-0.4, -0.2) is 30.4 Å². The Morgan fingerprint density at radius 2 is 2.16 bits per heavy atom. The first-order chi connectivity index (χ1) is 8.66. The van der Waals surface area contributed by atoms with Gasteiger partial charge in [-0.2, -0.15) is 0 Å². The van der Waals surface area contributed by atoms with Crippen molar-refractivity contribution in [2.45, 2.75) is 38.8 Å². The van der Waals surface area contributed by atoms with Crippen molar-refractivity contribution in [3.63, 3.8) is 0 Å². The molecule has 1 aromatic carbocycles. The summed E-state index contributed by atoms with van der Waals surface area (Å²) < 4.78 is 0. The highest BCUT2D eigenvalue weighted by Gasteiger charge is 2.19. The van der Waals surface area contributed by atoms with Crippen LogP contribution in [0.5, 0.6) is 0 Å². The van der Waals surface area contributed by atoms with Crippen LogP contribution in [0.4, 0.5) is 0 Å². The second kappa shape index (κ2) is 7.51. The second-order valence-corrected chi connectivity index (χ2v) is 5.17. The van der Waals surface area contributed by atoms with E-state index in [1.165, 1.54) is 17.5 Å². The van der Waals surface area contributed by atoms with Gasteiger partial charge in [-0.3, -0.25) is 4.79 Å². The van der Waals surface area contributed by atoms with Crippen LogP contribution in [0, 0.1) is 6.92 Å². The fraction of sp³-hybridized carbons (Fsp3) is 0.533. The average Bonchev–Trinajstić information content (AvgIpc) is 2.84. The Morgan fingerprint density at radius 3 is 2.79 bits per heavy atom. The zero-order valence-electron chi connectivity index (χ0n) is 11.7. The Labute approximate surface area is 121 Å². The number of benzene rings is 1. The molecule has 1 aliphatic rings. The van der Waals surface area contributed by atoms with Crippen LogP contribution in [0.15, 0.2) is 24.3 Å². The van der Waals surface area contributed by atoms with Gasteiger partial charge in [-0.1, -0.05) is 24.3 Å². The van der Waals surface area contributed by atoms with E-state index in [4.69, 9.17) is 0 Å². The van der Waals surface area contributed by atoms with E-state index in [-0.39, 0.29) is 18.3 Å². The lowest BCUT2D eigenvalue weighted by atomic mass is 10.1. The fourth-order valence-corrected chi connectivity index (χ4v) is 2.43. The van der Waals surface area contributed by atoms with Crippen LogP contribution in [0.2, 0.25) is 0 Å². The number of aryl methyl sites for hydroxylation is 1. The smallest absolute Gasteiger partial charge is 0.224 e. The van der Waals surface area contributed by atoms with Crippen LogP contribution in [-0.2, 0) is 11.3 Å². The van der Waals surface area contributed by atoms with Crippen molar-refractivity contribution in [3.8, 4) is 0 Å². The summed E-state index contributed by atoms with van der Waals surface area (Å²) in [5, 5.41) is 3.37. The molecule has 1 aliphatic heterocycles. The highest BCUT2D eigenvalue weighted by atomic mass is 35.5. The van der Waals surface area contributed by atoms with Crippen molar-refractivity contribution in [3.05, 3.63) is 35.4 Å². The molecule has 1 N–H and O–H groups in total. The van der Waals surface area contributed by atoms with E-state index in [2.05, 4.69) is 24.4 Å². The molecule has 4 heteroatoms. The molecule has 2 rings (SSSR count). The molecule has 0 spiro atoms. The molecule has 3 nitrogen and oxygen atoms in total. The van der Waals surface area contributed by atoms with Gasteiger partial charge < -0.3 is 10.2 Å². The molecule has 0 aromatic heterocycles. The molecule has 19 heavy (non-hydrogen) atoms. The summed E-state index contributed by atoms with van der Waals surface area (Å²) in [5.41, 5.74) is 2.48. The van der Waals surface area contributed by atoms with Crippen molar-refractivity contribution < 1.29 is 4.79 Å². The minimum absolute atomic E-state index is 0. The van der Waals surface area contributed by atoms with Crippen LogP contribution >= 0.6 is 12.4 Å². The minimum atomic E-state index is 0. The third-order valence-corrected chi connectivity index (χ3v) is 3.68. The summed E-state index contributed by atoms with van der Waals surface area (Å²) in [5.74, 6) is 0.234. The van der Waals surface area contributed by atoms with Crippen LogP contribution in [0.1, 0.15) is 30.4 Å². The lowest BCUT2D eigenvalue weighted by Crippen LogP contribution is -2.33. The van der Waals surface area contributed by atoms with Crippen LogP contribution < -0.4 is 5.32 Å². The molecule has 1 unspecified atom stereocenters. The molecule has 1 heterocycles. The molecular formula is C15H23ClN2O. The highest BCUT2D eigenvalue weighted by molar-refractivity contribution is 5.85. The summed E-state index contributed by atoms with van der Waals surface area (Å²) in [6.07, 6.45) is 2.95. The van der Waals surface area contributed by atoms with Gasteiger partial charge in [0.25, 0.3) is 0 Å². The summed E-state index contributed by atoms with van der Waals surface area (Å²) in [6, 6.07) is 8.62. The first-order valence-electron chi connectivity index (χ1n) is 6.68. The Balaban J connectivity index is 0.00000180. The van der Waals surface area contributed by atoms with Crippen molar-refractivity contribution in [1.29, 1.82) is 0 Å². The molecule has 0 aliphatic carbocycles. The van der Waals surface area contributed by atoms with Gasteiger partial charge in [0.15, 0.2) is 0 Å². The topological polar surface area (TPSA) is 32.3 Å². The minimum Gasteiger partial charge on any atom is -0.341 e. The molecule has 106 valence electrons. The van der Waals surface area contributed by atoms with E-state index in [9.17, 15) is 4.79 Å². The van der Waals surface area contributed by atoms with E-state index < -0.39 is 0 Å². The van der Waals surface area contributed by atoms with Crippen LogP contribution in [0.3, 0.4) is 0 Å². The van der Waals surface area contributed by atoms with Gasteiger partial charge in [0, 0.05) is 26.1 Å². The number of hydrogen-bond acceptors (Lipinski definition) is 2. The van der Waals surface area contributed by atoms with Gasteiger partial charge in [-0.15, -0.1) is 12.4 Å². The largest absolute Gasteiger partial charge is 0.341 e. The molecule has 0 saturated carbocycles. The average molecular weight is 283 g/mol. The van der Waals surface area contributed by atoms with Crippen LogP contribution in [0.25, 0.3) is 0 Å². The quantitative estimate of drug-likeness (QED) is 0.920. The maximum Gasteiger partial charge on any atom is 0.224 e. The zero-order valence-corrected chi connectivity index (χ0v) is 12.5. The molecule has 0 bridgehead atoms. The van der Waals surface area contributed by atoms with Gasteiger partial charge in [0.1, 0.15) is 0 Å². The van der Waals surface area contributed by atoms with Crippen molar-refractivity contribution in [2.24, 2.45) is 0 Å². The highest BCUT2D eigenvalue weighted by Crippen LogP contribution is 2.13.